The van der Waals surface area contributed by atoms with Gasteiger partial charge in [-0.15, -0.1) is 6.58 Å². The maximum absolute atomic E-state index is 16.4. The third kappa shape index (κ3) is 9.34. The number of nitro groups is 1. The fraction of sp³-hybridized carbons (Fsp3) is 0.228. The Hall–Kier alpha value is -8.42. The first-order chi connectivity index (χ1) is 35.0. The predicted octanol–water partition coefficient (Wildman–Crippen LogP) is 7.75. The van der Waals surface area contributed by atoms with Crippen molar-refractivity contribution in [2.75, 3.05) is 38.3 Å². The van der Waals surface area contributed by atoms with Crippen LogP contribution in [0.5, 0.6) is 5.75 Å². The number of nitrogens with one attached hydrogen (secondary N) is 1. The zero-order chi connectivity index (χ0) is 50.4. The number of morpholine rings is 1. The first kappa shape index (κ1) is 48.6. The number of benzene rings is 6. The molecule has 72 heavy (non-hydrogen) atoms. The van der Waals surface area contributed by atoms with Crippen molar-refractivity contribution >= 4 is 35.3 Å². The molecule has 3 aliphatic heterocycles. The van der Waals surface area contributed by atoms with Crippen LogP contribution in [0.4, 0.5) is 16.2 Å². The van der Waals surface area contributed by atoms with Gasteiger partial charge in [0.05, 0.1) is 41.8 Å². The Morgan fingerprint density at radius 2 is 1.53 bits per heavy atom. The Bertz CT molecular complexity index is 3040. The molecule has 3 aliphatic rings. The van der Waals surface area contributed by atoms with Crippen molar-refractivity contribution < 1.29 is 43.4 Å². The molecule has 0 bridgehead atoms. The number of nitro benzene ring substituents is 1. The number of anilines is 1. The van der Waals surface area contributed by atoms with E-state index in [1.54, 1.807) is 42.5 Å². The molecular formula is C57H51N5O10. The Balaban J connectivity index is 1.27. The fourth-order valence-electron chi connectivity index (χ4n) is 10.3. The molecule has 3 amide bonds. The van der Waals surface area contributed by atoms with Gasteiger partial charge in [0.1, 0.15) is 36.5 Å². The summed E-state index contributed by atoms with van der Waals surface area (Å²) in [5.41, 5.74) is 2.02. The molecule has 2 fully saturated rings. The molecule has 15 heteroatoms. The minimum Gasteiger partial charge on any atom is -0.491 e. The molecule has 6 aromatic carbocycles. The van der Waals surface area contributed by atoms with Gasteiger partial charge < -0.3 is 24.6 Å². The van der Waals surface area contributed by atoms with E-state index < -0.39 is 64.4 Å². The molecule has 364 valence electrons. The predicted molar refractivity (Wildman–Crippen MR) is 267 cm³/mol. The van der Waals surface area contributed by atoms with E-state index in [0.29, 0.717) is 41.1 Å². The number of rotatable bonds is 15. The lowest BCUT2D eigenvalue weighted by molar-refractivity contribution is -0.384. The van der Waals surface area contributed by atoms with E-state index >= 15 is 14.4 Å². The summed E-state index contributed by atoms with van der Waals surface area (Å²) in [7, 11) is 1.95. The number of aliphatic hydroxyl groups excluding tert-OH is 1. The molecule has 3 heterocycles. The van der Waals surface area contributed by atoms with Crippen LogP contribution in [-0.4, -0.2) is 83.1 Å². The van der Waals surface area contributed by atoms with Crippen LogP contribution in [0.25, 0.3) is 0 Å². The van der Waals surface area contributed by atoms with Crippen LogP contribution >= 0.6 is 0 Å². The van der Waals surface area contributed by atoms with Crippen LogP contribution in [0, 0.1) is 27.9 Å². The first-order valence-corrected chi connectivity index (χ1v) is 23.5. The van der Waals surface area contributed by atoms with Gasteiger partial charge in [-0.3, -0.25) is 34.3 Å². The molecule has 2 N–H and O–H groups in total. The standard InChI is InChI=1S/C57H51N5O10/c1-3-31-58-53(64)48-50-54(65)72-51(42-19-11-6-12-20-42)49(41-17-9-5-10-18-41)61(50)52(43-24-28-45(29-25-43)70-34-33-63)57(48)46-35-38(16-13-32-59(2)36-39-14-7-4-8-15-39)23-30-47(46)60(55(57)66)56(67)71-37-40-21-26-44(27-22-40)62(68)69/h3-12,14-15,17-30,35,48-52,63H,1,31-34,36-37H2,2H3,(H,58,64). The quantitative estimate of drug-likeness (QED) is 0.0336. The van der Waals surface area contributed by atoms with Crippen molar-refractivity contribution in [1.82, 2.24) is 15.1 Å². The second kappa shape index (κ2) is 21.3. The molecule has 6 atom stereocenters. The van der Waals surface area contributed by atoms with Gasteiger partial charge in [0, 0.05) is 30.8 Å². The number of hydrogen-bond acceptors (Lipinski definition) is 12. The molecule has 2 saturated heterocycles. The highest BCUT2D eigenvalue weighted by molar-refractivity contribution is 6.23. The van der Waals surface area contributed by atoms with Gasteiger partial charge in [0.15, 0.2) is 0 Å². The van der Waals surface area contributed by atoms with Crippen LogP contribution in [0.1, 0.15) is 57.1 Å². The molecule has 9 rings (SSSR count). The summed E-state index contributed by atoms with van der Waals surface area (Å²) in [6.45, 7) is 4.23. The van der Waals surface area contributed by atoms with E-state index in [-0.39, 0.29) is 43.3 Å². The van der Waals surface area contributed by atoms with Crippen LogP contribution < -0.4 is 15.0 Å². The SMILES string of the molecule is C=CCNC(=O)C1C2C(=O)OC(c3ccccc3)C(c3ccccc3)N2C(c2ccc(OCCO)cc2)C12C(=O)N(C(=O)OCc1ccc([N+](=O)[O-])cc1)c1ccc(C#CCN(C)Cc3ccccc3)cc12. The van der Waals surface area contributed by atoms with Gasteiger partial charge in [-0.1, -0.05) is 121 Å². The molecule has 0 radical (unpaired) electrons. The second-order valence-electron chi connectivity index (χ2n) is 17.8. The van der Waals surface area contributed by atoms with E-state index in [2.05, 4.69) is 28.6 Å². The summed E-state index contributed by atoms with van der Waals surface area (Å²) in [5, 5.41) is 23.9. The molecule has 0 saturated carbocycles. The molecule has 0 aliphatic carbocycles. The van der Waals surface area contributed by atoms with E-state index in [4.69, 9.17) is 14.2 Å². The van der Waals surface area contributed by atoms with Gasteiger partial charge in [-0.25, -0.2) is 9.69 Å². The number of non-ortho nitro benzene ring substituents is 1. The van der Waals surface area contributed by atoms with Crippen molar-refractivity contribution in [3.63, 3.8) is 0 Å². The van der Waals surface area contributed by atoms with E-state index in [0.717, 1.165) is 16.0 Å². The Morgan fingerprint density at radius 1 is 0.861 bits per heavy atom. The van der Waals surface area contributed by atoms with Gasteiger partial charge in [-0.05, 0) is 82.9 Å². The number of carbonyl (C=O) groups is 4. The smallest absolute Gasteiger partial charge is 0.421 e. The maximum Gasteiger partial charge on any atom is 0.421 e. The van der Waals surface area contributed by atoms with Crippen LogP contribution in [0.3, 0.4) is 0 Å². The zero-order valence-electron chi connectivity index (χ0n) is 39.3. The van der Waals surface area contributed by atoms with Crippen LogP contribution in [0.15, 0.2) is 170 Å². The molecular weight excluding hydrogens is 915 g/mol. The van der Waals surface area contributed by atoms with Crippen molar-refractivity contribution in [3.8, 4) is 17.6 Å². The largest absolute Gasteiger partial charge is 0.491 e. The summed E-state index contributed by atoms with van der Waals surface area (Å²) < 4.78 is 18.2. The first-order valence-electron chi connectivity index (χ1n) is 23.5. The second-order valence-corrected chi connectivity index (χ2v) is 17.8. The van der Waals surface area contributed by atoms with Gasteiger partial charge in [-0.2, -0.15) is 0 Å². The normalized spacial score (nSPS) is 21.0. The highest BCUT2D eigenvalue weighted by atomic mass is 16.6. The number of aliphatic hydroxyl groups is 1. The molecule has 0 aromatic heterocycles. The lowest BCUT2D eigenvalue weighted by Crippen LogP contribution is -2.55. The maximum atomic E-state index is 16.4. The molecule has 15 nitrogen and oxygen atoms in total. The average Bonchev–Trinajstić information content (AvgIpc) is 3.86. The third-order valence-corrected chi connectivity index (χ3v) is 13.3. The lowest BCUT2D eigenvalue weighted by Gasteiger charge is -2.46. The Kier molecular flexibility index (Phi) is 14.4. The van der Waals surface area contributed by atoms with E-state index in [1.807, 2.05) is 103 Å². The number of ether oxygens (including phenoxy) is 3. The minimum absolute atomic E-state index is 0.0157. The monoisotopic (exact) mass is 965 g/mol. The van der Waals surface area contributed by atoms with Crippen molar-refractivity contribution in [2.24, 2.45) is 5.92 Å². The summed E-state index contributed by atoms with van der Waals surface area (Å²) in [4.78, 5) is 77.7. The number of hydrogen-bond donors (Lipinski definition) is 2. The fourth-order valence-corrected chi connectivity index (χ4v) is 10.3. The van der Waals surface area contributed by atoms with Gasteiger partial charge in [0.2, 0.25) is 11.8 Å². The van der Waals surface area contributed by atoms with Crippen molar-refractivity contribution in [3.05, 3.63) is 219 Å². The van der Waals surface area contributed by atoms with Crippen molar-refractivity contribution in [2.45, 2.75) is 42.8 Å². The number of cyclic esters (lactones) is 1. The van der Waals surface area contributed by atoms with Crippen LogP contribution in [0.2, 0.25) is 0 Å². The molecule has 6 aromatic rings. The van der Waals surface area contributed by atoms with Crippen molar-refractivity contribution in [1.29, 1.82) is 0 Å². The minimum atomic E-state index is -2.08. The highest BCUT2D eigenvalue weighted by Crippen LogP contribution is 2.66. The summed E-state index contributed by atoms with van der Waals surface area (Å²) >= 11 is 0. The third-order valence-electron chi connectivity index (χ3n) is 13.3. The molecule has 6 unspecified atom stereocenters. The van der Waals surface area contributed by atoms with Crippen LogP contribution in [-0.2, 0) is 42.4 Å². The number of imide groups is 1. The number of nitrogens with zero attached hydrogens (tertiary/aromatic N) is 4. The topological polar surface area (TPSA) is 181 Å². The van der Waals surface area contributed by atoms with E-state index in [1.165, 1.54) is 30.3 Å². The number of esters is 1. The zero-order valence-corrected chi connectivity index (χ0v) is 39.3. The number of fused-ring (bicyclic) bond motifs is 3. The highest BCUT2D eigenvalue weighted by Gasteiger charge is 2.75. The summed E-state index contributed by atoms with van der Waals surface area (Å²) in [6, 6.07) is 42.6. The molecule has 1 spiro atoms. The van der Waals surface area contributed by atoms with Gasteiger partial charge in [0.25, 0.3) is 5.69 Å². The Morgan fingerprint density at radius 3 is 2.18 bits per heavy atom. The summed E-state index contributed by atoms with van der Waals surface area (Å²) in [6.07, 6.45) is -0.529. The Labute approximate surface area is 416 Å². The number of amides is 3. The van der Waals surface area contributed by atoms with Gasteiger partial charge >= 0.3 is 12.1 Å². The average molecular weight is 966 g/mol. The number of carbonyl (C=O) groups excluding carboxylic acids is 4. The van der Waals surface area contributed by atoms with E-state index in [9.17, 15) is 20.0 Å². The summed E-state index contributed by atoms with van der Waals surface area (Å²) in [5.74, 6) is 3.13. The lowest BCUT2D eigenvalue weighted by atomic mass is 9.65.